The number of aromatic amines is 1. The minimum Gasteiger partial charge on any atom is -0.339 e. The molecule has 1 aromatic carbocycles. The Morgan fingerprint density at radius 3 is 2.93 bits per heavy atom. The number of hydrogen-bond acceptors (Lipinski definition) is 1. The predicted molar refractivity (Wildman–Crippen MR) is 58.6 cm³/mol. The minimum atomic E-state index is -0.261. The van der Waals surface area contributed by atoms with Crippen molar-refractivity contribution in [3.05, 3.63) is 41.3 Å². The van der Waals surface area contributed by atoms with Crippen LogP contribution in [0.2, 0.25) is 5.02 Å². The van der Waals surface area contributed by atoms with E-state index in [1.165, 1.54) is 12.1 Å². The molecule has 0 spiro atoms. The number of rotatable bonds is 0. The lowest BCUT2D eigenvalue weighted by Gasteiger charge is -1.91. The van der Waals surface area contributed by atoms with E-state index in [1.54, 1.807) is 18.3 Å². The quantitative estimate of drug-likeness (QED) is 0.617. The van der Waals surface area contributed by atoms with Crippen LogP contribution in [0.3, 0.4) is 0 Å². The Kier molecular flexibility index (Phi) is 1.70. The second kappa shape index (κ2) is 2.94. The molecule has 0 radical (unpaired) electrons. The van der Waals surface area contributed by atoms with Gasteiger partial charge in [0.2, 0.25) is 0 Å². The molecule has 0 aliphatic rings. The third-order valence-electron chi connectivity index (χ3n) is 2.38. The van der Waals surface area contributed by atoms with Crippen molar-refractivity contribution in [2.24, 2.45) is 0 Å². The van der Waals surface area contributed by atoms with Crippen LogP contribution in [-0.4, -0.2) is 9.97 Å². The summed E-state index contributed by atoms with van der Waals surface area (Å²) in [6.45, 7) is 0. The third kappa shape index (κ3) is 1.27. The minimum absolute atomic E-state index is 0.261. The summed E-state index contributed by atoms with van der Waals surface area (Å²) in [6.07, 6.45) is 1.57. The number of aromatic nitrogens is 2. The molecule has 1 N–H and O–H groups in total. The van der Waals surface area contributed by atoms with Gasteiger partial charge in [0.05, 0.1) is 5.02 Å². The normalized spacial score (nSPS) is 11.3. The summed E-state index contributed by atoms with van der Waals surface area (Å²) in [5.41, 5.74) is 1.58. The highest BCUT2D eigenvalue weighted by Crippen LogP contribution is 2.26. The van der Waals surface area contributed by atoms with Crippen LogP contribution in [0, 0.1) is 5.82 Å². The molecular weight excluding hydrogens is 215 g/mol. The van der Waals surface area contributed by atoms with Crippen molar-refractivity contribution in [2.75, 3.05) is 0 Å². The number of fused-ring (bicyclic) bond motifs is 3. The van der Waals surface area contributed by atoms with E-state index >= 15 is 0 Å². The van der Waals surface area contributed by atoms with Crippen LogP contribution < -0.4 is 0 Å². The van der Waals surface area contributed by atoms with Crippen molar-refractivity contribution in [3.63, 3.8) is 0 Å². The number of H-pyrrole nitrogens is 1. The summed E-state index contributed by atoms with van der Waals surface area (Å²) in [5, 5.41) is 2.20. The standard InChI is InChI=1S/C11H6ClFN2/c12-6-3-9-8-4-7(13)1-2-10(8)15-11(9)14-5-6/h1-5H,(H,14,15). The van der Waals surface area contributed by atoms with Crippen LogP contribution in [0.4, 0.5) is 4.39 Å². The zero-order chi connectivity index (χ0) is 10.4. The molecule has 3 aromatic rings. The van der Waals surface area contributed by atoms with E-state index in [4.69, 9.17) is 11.6 Å². The van der Waals surface area contributed by atoms with Gasteiger partial charge in [0.15, 0.2) is 0 Å². The maximum absolute atomic E-state index is 13.1. The topological polar surface area (TPSA) is 28.7 Å². The van der Waals surface area contributed by atoms with Crippen molar-refractivity contribution in [1.82, 2.24) is 9.97 Å². The maximum atomic E-state index is 13.1. The van der Waals surface area contributed by atoms with Gasteiger partial charge in [-0.3, -0.25) is 0 Å². The predicted octanol–water partition coefficient (Wildman–Crippen LogP) is 3.51. The van der Waals surface area contributed by atoms with Gasteiger partial charge in [-0.25, -0.2) is 9.37 Å². The maximum Gasteiger partial charge on any atom is 0.138 e. The van der Waals surface area contributed by atoms with Crippen LogP contribution in [0.1, 0.15) is 0 Å². The van der Waals surface area contributed by atoms with E-state index in [9.17, 15) is 4.39 Å². The van der Waals surface area contributed by atoms with Gasteiger partial charge in [0.1, 0.15) is 11.5 Å². The molecule has 0 saturated carbocycles. The van der Waals surface area contributed by atoms with Crippen LogP contribution in [0.25, 0.3) is 21.9 Å². The number of hydrogen-bond donors (Lipinski definition) is 1. The Bertz CT molecular complexity index is 604. The van der Waals surface area contributed by atoms with E-state index in [0.29, 0.717) is 5.02 Å². The van der Waals surface area contributed by atoms with Crippen LogP contribution >= 0.6 is 11.6 Å². The van der Waals surface area contributed by atoms with E-state index in [0.717, 1.165) is 21.9 Å². The van der Waals surface area contributed by atoms with Crippen molar-refractivity contribution < 1.29 is 4.39 Å². The lowest BCUT2D eigenvalue weighted by molar-refractivity contribution is 0.630. The highest BCUT2D eigenvalue weighted by atomic mass is 35.5. The first-order chi connectivity index (χ1) is 7.24. The van der Waals surface area contributed by atoms with Crippen molar-refractivity contribution in [2.45, 2.75) is 0 Å². The van der Waals surface area contributed by atoms with Gasteiger partial charge < -0.3 is 4.98 Å². The van der Waals surface area contributed by atoms with E-state index in [-0.39, 0.29) is 5.82 Å². The molecule has 74 valence electrons. The number of nitrogens with zero attached hydrogens (tertiary/aromatic N) is 1. The van der Waals surface area contributed by atoms with Crippen LogP contribution in [0.15, 0.2) is 30.5 Å². The molecule has 2 aromatic heterocycles. The SMILES string of the molecule is Fc1ccc2[nH]c3ncc(Cl)cc3c2c1. The summed E-state index contributed by atoms with van der Waals surface area (Å²) >= 11 is 5.85. The summed E-state index contributed by atoms with van der Waals surface area (Å²) in [7, 11) is 0. The van der Waals surface area contributed by atoms with Gasteiger partial charge in [0, 0.05) is 22.5 Å². The highest BCUT2D eigenvalue weighted by molar-refractivity contribution is 6.31. The fraction of sp³-hybridized carbons (Fsp3) is 0. The molecular formula is C11H6ClFN2. The number of pyridine rings is 1. The monoisotopic (exact) mass is 220 g/mol. The fourth-order valence-corrected chi connectivity index (χ4v) is 1.88. The Morgan fingerprint density at radius 2 is 2.07 bits per heavy atom. The van der Waals surface area contributed by atoms with Gasteiger partial charge in [-0.2, -0.15) is 0 Å². The first-order valence-corrected chi connectivity index (χ1v) is 4.84. The smallest absolute Gasteiger partial charge is 0.138 e. The summed E-state index contributed by atoms with van der Waals surface area (Å²) in [6, 6.07) is 6.37. The van der Waals surface area contributed by atoms with Gasteiger partial charge in [-0.15, -0.1) is 0 Å². The molecule has 0 unspecified atom stereocenters. The summed E-state index contributed by atoms with van der Waals surface area (Å²) < 4.78 is 13.1. The van der Waals surface area contributed by atoms with Crippen molar-refractivity contribution >= 4 is 33.5 Å². The van der Waals surface area contributed by atoms with E-state index < -0.39 is 0 Å². The molecule has 15 heavy (non-hydrogen) atoms. The number of benzene rings is 1. The molecule has 0 aliphatic carbocycles. The van der Waals surface area contributed by atoms with Gasteiger partial charge in [0.25, 0.3) is 0 Å². The Labute approximate surface area is 89.7 Å². The van der Waals surface area contributed by atoms with E-state index in [1.807, 2.05) is 0 Å². The van der Waals surface area contributed by atoms with Crippen LogP contribution in [-0.2, 0) is 0 Å². The number of nitrogens with one attached hydrogen (secondary N) is 1. The fourth-order valence-electron chi connectivity index (χ4n) is 1.72. The lowest BCUT2D eigenvalue weighted by atomic mass is 10.2. The van der Waals surface area contributed by atoms with E-state index in [2.05, 4.69) is 9.97 Å². The first kappa shape index (κ1) is 8.68. The van der Waals surface area contributed by atoms with Gasteiger partial charge in [-0.05, 0) is 24.3 Å². The molecule has 0 atom stereocenters. The highest BCUT2D eigenvalue weighted by Gasteiger charge is 2.06. The van der Waals surface area contributed by atoms with Gasteiger partial charge in [-0.1, -0.05) is 11.6 Å². The number of halogens is 2. The average molecular weight is 221 g/mol. The average Bonchev–Trinajstić information content (AvgIpc) is 2.56. The Balaban J connectivity index is 2.55. The first-order valence-electron chi connectivity index (χ1n) is 4.46. The van der Waals surface area contributed by atoms with Crippen LogP contribution in [0.5, 0.6) is 0 Å². The third-order valence-corrected chi connectivity index (χ3v) is 2.59. The zero-order valence-corrected chi connectivity index (χ0v) is 8.35. The van der Waals surface area contributed by atoms with Crippen molar-refractivity contribution in [3.8, 4) is 0 Å². The molecule has 0 saturated heterocycles. The van der Waals surface area contributed by atoms with Crippen molar-refractivity contribution in [1.29, 1.82) is 0 Å². The zero-order valence-electron chi connectivity index (χ0n) is 7.59. The molecule has 0 fully saturated rings. The molecule has 4 heteroatoms. The molecule has 0 bridgehead atoms. The largest absolute Gasteiger partial charge is 0.339 e. The molecule has 2 heterocycles. The summed E-state index contributed by atoms with van der Waals surface area (Å²) in [4.78, 5) is 7.23. The second-order valence-corrected chi connectivity index (χ2v) is 3.80. The molecule has 3 rings (SSSR count). The molecule has 2 nitrogen and oxygen atoms in total. The molecule has 0 aliphatic heterocycles. The second-order valence-electron chi connectivity index (χ2n) is 3.36. The lowest BCUT2D eigenvalue weighted by Crippen LogP contribution is -1.74. The van der Waals surface area contributed by atoms with Gasteiger partial charge >= 0.3 is 0 Å². The molecule has 0 amide bonds. The Morgan fingerprint density at radius 1 is 1.20 bits per heavy atom. The summed E-state index contributed by atoms with van der Waals surface area (Å²) in [5.74, 6) is -0.261. The Hall–Kier alpha value is -1.61.